The van der Waals surface area contributed by atoms with E-state index in [1.165, 1.54) is 13.2 Å². The number of likely N-dealkylation sites (tertiary alicyclic amines) is 1. The van der Waals surface area contributed by atoms with Crippen LogP contribution < -0.4 is 9.47 Å². The Balaban J connectivity index is 1.83. The molecule has 0 bridgehead atoms. The number of amides is 1. The lowest BCUT2D eigenvalue weighted by molar-refractivity contribution is -0.124. The molecule has 1 atom stereocenters. The fraction of sp³-hybridized carbons (Fsp3) is 0.286. The van der Waals surface area contributed by atoms with Crippen LogP contribution in [0.5, 0.6) is 17.2 Å². The first-order chi connectivity index (χ1) is 12.6. The zero-order valence-corrected chi connectivity index (χ0v) is 14.7. The lowest BCUT2D eigenvalue weighted by atomic mass is 9.97. The fourth-order valence-electron chi connectivity index (χ4n) is 3.07. The summed E-state index contributed by atoms with van der Waals surface area (Å²) in [5.74, 6) is 5.36. The van der Waals surface area contributed by atoms with Crippen molar-refractivity contribution >= 4 is 5.91 Å². The van der Waals surface area contributed by atoms with Crippen LogP contribution >= 0.6 is 0 Å². The van der Waals surface area contributed by atoms with Gasteiger partial charge in [0.15, 0.2) is 11.5 Å². The van der Waals surface area contributed by atoms with Crippen molar-refractivity contribution in [2.24, 2.45) is 0 Å². The molecule has 1 aliphatic heterocycles. The molecule has 1 amide bonds. The van der Waals surface area contributed by atoms with Gasteiger partial charge < -0.3 is 14.4 Å². The van der Waals surface area contributed by atoms with Gasteiger partial charge in [0.2, 0.25) is 5.82 Å². The molecule has 4 nitrogen and oxygen atoms in total. The van der Waals surface area contributed by atoms with Gasteiger partial charge >= 0.3 is 0 Å². The summed E-state index contributed by atoms with van der Waals surface area (Å²) in [6, 6.07) is 13.1. The third-order valence-corrected chi connectivity index (χ3v) is 4.37. The van der Waals surface area contributed by atoms with Gasteiger partial charge in [0.1, 0.15) is 5.75 Å². The monoisotopic (exact) mass is 352 g/mol. The van der Waals surface area contributed by atoms with Gasteiger partial charge in [-0.25, -0.2) is 0 Å². The molecule has 1 aliphatic rings. The van der Waals surface area contributed by atoms with Crippen LogP contribution in [0.15, 0.2) is 36.4 Å². The average Bonchev–Trinajstić information content (AvgIpc) is 3.14. The van der Waals surface area contributed by atoms with Gasteiger partial charge in [-0.3, -0.25) is 4.79 Å². The molecule has 26 heavy (non-hydrogen) atoms. The minimum Gasteiger partial charge on any atom is -0.494 e. The molecule has 1 radical (unpaired) electrons. The minimum absolute atomic E-state index is 0.0960. The summed E-state index contributed by atoms with van der Waals surface area (Å²) in [4.78, 5) is 13.7. The van der Waals surface area contributed by atoms with Crippen LogP contribution in [0.4, 0.5) is 4.39 Å². The SMILES string of the molecule is CC#CC(=O)N1CC[C@H](c2c[c]ccc2Oc2cccc(OC)c2F)C1. The maximum atomic E-state index is 14.4. The summed E-state index contributed by atoms with van der Waals surface area (Å²) >= 11 is 0. The third-order valence-electron chi connectivity index (χ3n) is 4.37. The molecule has 5 heteroatoms. The molecule has 2 aromatic rings. The first-order valence-electron chi connectivity index (χ1n) is 8.36. The van der Waals surface area contributed by atoms with Crippen LogP contribution in [0.25, 0.3) is 0 Å². The van der Waals surface area contributed by atoms with Crippen molar-refractivity contribution in [3.63, 3.8) is 0 Å². The maximum absolute atomic E-state index is 14.4. The molecule has 0 unspecified atom stereocenters. The van der Waals surface area contributed by atoms with Crippen molar-refractivity contribution < 1.29 is 18.7 Å². The topological polar surface area (TPSA) is 38.8 Å². The Morgan fingerprint density at radius 2 is 2.12 bits per heavy atom. The predicted molar refractivity (Wildman–Crippen MR) is 95.7 cm³/mol. The standard InChI is InChI=1S/C21H19FNO3/c1-3-7-20(24)23-13-12-15(14-23)16-8-4-5-9-17(16)26-19-11-6-10-18(25-2)21(19)22/h5-6,8-11,15H,12-14H2,1-2H3/t15-/m0/s1. The van der Waals surface area contributed by atoms with Crippen LogP contribution in [-0.4, -0.2) is 31.0 Å². The zero-order valence-electron chi connectivity index (χ0n) is 14.7. The molecule has 2 aromatic carbocycles. The van der Waals surface area contributed by atoms with E-state index in [2.05, 4.69) is 17.9 Å². The van der Waals surface area contributed by atoms with Gasteiger partial charge in [-0.2, -0.15) is 4.39 Å². The van der Waals surface area contributed by atoms with Crippen molar-refractivity contribution in [2.75, 3.05) is 20.2 Å². The number of hydrogen-bond acceptors (Lipinski definition) is 3. The maximum Gasteiger partial charge on any atom is 0.298 e. The summed E-state index contributed by atoms with van der Waals surface area (Å²) in [7, 11) is 1.41. The molecular weight excluding hydrogens is 333 g/mol. The van der Waals surface area contributed by atoms with Crippen LogP contribution in [0.1, 0.15) is 24.8 Å². The number of ether oxygens (including phenoxy) is 2. The largest absolute Gasteiger partial charge is 0.494 e. The van der Waals surface area contributed by atoms with Crippen molar-refractivity contribution in [3.05, 3.63) is 53.8 Å². The Labute approximate surface area is 152 Å². The van der Waals surface area contributed by atoms with Crippen molar-refractivity contribution in [3.8, 4) is 29.1 Å². The van der Waals surface area contributed by atoms with E-state index >= 15 is 0 Å². The molecule has 0 saturated carbocycles. The molecule has 1 saturated heterocycles. The first kappa shape index (κ1) is 17.8. The molecule has 3 rings (SSSR count). The van der Waals surface area contributed by atoms with Gasteiger partial charge in [-0.05, 0) is 49.6 Å². The molecule has 0 aromatic heterocycles. The van der Waals surface area contributed by atoms with Crippen LogP contribution in [0.2, 0.25) is 0 Å². The van der Waals surface area contributed by atoms with Crippen LogP contribution in [0, 0.1) is 23.7 Å². The number of hydrogen-bond donors (Lipinski definition) is 0. The molecule has 1 heterocycles. The highest BCUT2D eigenvalue weighted by molar-refractivity contribution is 5.93. The van der Waals surface area contributed by atoms with E-state index in [1.807, 2.05) is 6.07 Å². The van der Waals surface area contributed by atoms with E-state index in [9.17, 15) is 9.18 Å². The van der Waals surface area contributed by atoms with E-state index in [0.717, 1.165) is 12.0 Å². The summed E-state index contributed by atoms with van der Waals surface area (Å²) in [5.41, 5.74) is 0.898. The zero-order chi connectivity index (χ0) is 18.5. The highest BCUT2D eigenvalue weighted by Gasteiger charge is 2.28. The second-order valence-corrected chi connectivity index (χ2v) is 5.95. The van der Waals surface area contributed by atoms with Crippen molar-refractivity contribution in [1.29, 1.82) is 0 Å². The second-order valence-electron chi connectivity index (χ2n) is 5.95. The number of nitrogens with zero attached hydrogens (tertiary/aromatic N) is 1. The van der Waals surface area contributed by atoms with Crippen molar-refractivity contribution in [2.45, 2.75) is 19.3 Å². The van der Waals surface area contributed by atoms with E-state index < -0.39 is 5.82 Å². The Bertz CT molecular complexity index is 869. The molecule has 1 fully saturated rings. The number of rotatable bonds is 4. The van der Waals surface area contributed by atoms with E-state index in [-0.39, 0.29) is 23.3 Å². The highest BCUT2D eigenvalue weighted by Crippen LogP contribution is 2.37. The van der Waals surface area contributed by atoms with E-state index in [1.54, 1.807) is 36.1 Å². The molecule has 0 aliphatic carbocycles. The van der Waals surface area contributed by atoms with E-state index in [4.69, 9.17) is 9.47 Å². The lowest BCUT2D eigenvalue weighted by Gasteiger charge is -2.17. The van der Waals surface area contributed by atoms with Gasteiger partial charge in [-0.15, -0.1) is 0 Å². The highest BCUT2D eigenvalue weighted by atomic mass is 19.1. The average molecular weight is 352 g/mol. The van der Waals surface area contributed by atoms with E-state index in [0.29, 0.717) is 18.8 Å². The predicted octanol–water partition coefficient (Wildman–Crippen LogP) is 3.77. The first-order valence-corrected chi connectivity index (χ1v) is 8.36. The Morgan fingerprint density at radius 1 is 1.31 bits per heavy atom. The van der Waals surface area contributed by atoms with Gasteiger partial charge in [0, 0.05) is 24.6 Å². The number of halogens is 1. The number of benzene rings is 2. The second kappa shape index (κ2) is 7.92. The van der Waals surface area contributed by atoms with Crippen LogP contribution in [0.3, 0.4) is 0 Å². The molecule has 0 N–H and O–H groups in total. The Kier molecular flexibility index (Phi) is 5.43. The Hall–Kier alpha value is -3.00. The van der Waals surface area contributed by atoms with Crippen LogP contribution in [-0.2, 0) is 4.79 Å². The minimum atomic E-state index is -0.546. The molecule has 0 spiro atoms. The quantitative estimate of drug-likeness (QED) is 0.787. The summed E-state index contributed by atoms with van der Waals surface area (Å²) in [6.07, 6.45) is 0.798. The van der Waals surface area contributed by atoms with Gasteiger partial charge in [-0.1, -0.05) is 18.1 Å². The van der Waals surface area contributed by atoms with Crippen molar-refractivity contribution in [1.82, 2.24) is 4.90 Å². The summed E-state index contributed by atoms with van der Waals surface area (Å²) in [5, 5.41) is 0. The lowest BCUT2D eigenvalue weighted by Crippen LogP contribution is -2.26. The fourth-order valence-corrected chi connectivity index (χ4v) is 3.07. The number of carbonyl (C=O) groups excluding carboxylic acids is 1. The van der Waals surface area contributed by atoms with Gasteiger partial charge in [0.05, 0.1) is 7.11 Å². The summed E-state index contributed by atoms with van der Waals surface area (Å²) < 4.78 is 25.2. The Morgan fingerprint density at radius 3 is 2.88 bits per heavy atom. The molecule has 133 valence electrons. The smallest absolute Gasteiger partial charge is 0.298 e. The number of carbonyl (C=O) groups is 1. The summed E-state index contributed by atoms with van der Waals surface area (Å²) in [6.45, 7) is 2.84. The normalized spacial score (nSPS) is 16.0. The third kappa shape index (κ3) is 3.65. The molecular formula is C21H19FNO3. The van der Waals surface area contributed by atoms with Gasteiger partial charge in [0.25, 0.3) is 5.91 Å². The number of methoxy groups -OCH3 is 1.